The van der Waals surface area contributed by atoms with Crippen molar-refractivity contribution >= 4 is 26.8 Å². The maximum absolute atomic E-state index is 12.6. The average molecular weight is 446 g/mol. The first-order valence-electron chi connectivity index (χ1n) is 9.56. The quantitative estimate of drug-likeness (QED) is 0.603. The molecule has 3 aromatic heterocycles. The molecule has 0 aliphatic carbocycles. The number of rotatable bonds is 5. The van der Waals surface area contributed by atoms with Gasteiger partial charge >= 0.3 is 0 Å². The summed E-state index contributed by atoms with van der Waals surface area (Å²) in [5, 5.41) is 5.42. The van der Waals surface area contributed by atoms with E-state index < -0.39 is 0 Å². The number of morpholine rings is 1. The molecule has 0 atom stereocenters. The van der Waals surface area contributed by atoms with Gasteiger partial charge in [-0.05, 0) is 41.9 Å². The second kappa shape index (κ2) is 8.14. The number of fused-ring (bicyclic) bond motifs is 1. The Morgan fingerprint density at radius 1 is 1.18 bits per heavy atom. The Hall–Kier alpha value is -2.03. The van der Waals surface area contributed by atoms with Crippen LogP contribution >= 0.6 is 15.9 Å². The van der Waals surface area contributed by atoms with Gasteiger partial charge in [0, 0.05) is 49.0 Å². The minimum absolute atomic E-state index is 0.0270. The topological polar surface area (TPSA) is 65.2 Å². The molecule has 0 aromatic carbocycles. The zero-order valence-electron chi connectivity index (χ0n) is 16.1. The van der Waals surface area contributed by atoms with E-state index in [2.05, 4.69) is 30.9 Å². The third-order valence-electron chi connectivity index (χ3n) is 5.07. The zero-order chi connectivity index (χ0) is 19.7. The largest absolute Gasteiger partial charge is 0.379 e. The van der Waals surface area contributed by atoms with Gasteiger partial charge in [0.2, 0.25) is 0 Å². The van der Waals surface area contributed by atoms with Crippen molar-refractivity contribution in [3.05, 3.63) is 45.5 Å². The smallest absolute Gasteiger partial charge is 0.265 e. The van der Waals surface area contributed by atoms with Gasteiger partial charge in [-0.25, -0.2) is 0 Å². The van der Waals surface area contributed by atoms with Crippen molar-refractivity contribution in [2.24, 2.45) is 0 Å². The van der Waals surface area contributed by atoms with E-state index in [0.29, 0.717) is 4.47 Å². The van der Waals surface area contributed by atoms with Crippen molar-refractivity contribution in [2.75, 3.05) is 32.8 Å². The van der Waals surface area contributed by atoms with Crippen molar-refractivity contribution in [2.45, 2.75) is 26.4 Å². The zero-order valence-corrected chi connectivity index (χ0v) is 17.7. The van der Waals surface area contributed by atoms with Crippen LogP contribution in [0.1, 0.15) is 19.9 Å². The Labute approximate surface area is 172 Å². The second-order valence-electron chi connectivity index (χ2n) is 7.34. The molecule has 0 N–H and O–H groups in total. The van der Waals surface area contributed by atoms with E-state index in [1.807, 2.05) is 49.3 Å². The normalized spacial score (nSPS) is 15.6. The summed E-state index contributed by atoms with van der Waals surface area (Å²) < 4.78 is 9.70. The first kappa shape index (κ1) is 19.3. The summed E-state index contributed by atoms with van der Waals surface area (Å²) in [6, 6.07) is 3.87. The molecule has 8 heteroatoms. The molecule has 0 amide bonds. The van der Waals surface area contributed by atoms with Crippen LogP contribution in [0.25, 0.3) is 22.2 Å². The molecule has 1 aliphatic rings. The first-order valence-corrected chi connectivity index (χ1v) is 10.4. The highest BCUT2D eigenvalue weighted by Crippen LogP contribution is 2.24. The third-order valence-corrected chi connectivity index (χ3v) is 5.64. The Morgan fingerprint density at radius 2 is 1.96 bits per heavy atom. The molecule has 148 valence electrons. The molecule has 0 bridgehead atoms. The molecule has 0 spiro atoms. The van der Waals surface area contributed by atoms with Gasteiger partial charge in [0.25, 0.3) is 5.56 Å². The van der Waals surface area contributed by atoms with Gasteiger partial charge < -0.3 is 9.30 Å². The van der Waals surface area contributed by atoms with Gasteiger partial charge in [-0.1, -0.05) is 0 Å². The average Bonchev–Trinajstić information content (AvgIpc) is 3.16. The Morgan fingerprint density at radius 3 is 2.71 bits per heavy atom. The molecule has 1 fully saturated rings. The van der Waals surface area contributed by atoms with Crippen LogP contribution in [-0.4, -0.2) is 57.1 Å². The Kier molecular flexibility index (Phi) is 5.61. The fourth-order valence-corrected chi connectivity index (χ4v) is 3.99. The van der Waals surface area contributed by atoms with Crippen LogP contribution in [0.5, 0.6) is 0 Å². The van der Waals surface area contributed by atoms with Crippen LogP contribution < -0.4 is 5.56 Å². The fourth-order valence-electron chi connectivity index (χ4n) is 3.56. The SMILES string of the molecule is CC(C)n1c(=O)c(Br)cc2cnc(-c3cnn(CCN4CCOCC4)c3)cc21. The van der Waals surface area contributed by atoms with Gasteiger partial charge in [0.1, 0.15) is 0 Å². The molecule has 4 heterocycles. The summed E-state index contributed by atoms with van der Waals surface area (Å²) in [5.74, 6) is 0. The lowest BCUT2D eigenvalue weighted by Gasteiger charge is -2.26. The number of halogens is 1. The molecule has 1 saturated heterocycles. The predicted octanol–water partition coefficient (Wildman–Crippen LogP) is 2.94. The maximum atomic E-state index is 12.6. The number of aromatic nitrogens is 4. The highest BCUT2D eigenvalue weighted by molar-refractivity contribution is 9.10. The van der Waals surface area contributed by atoms with Gasteiger partial charge in [-0.3, -0.25) is 19.4 Å². The molecule has 0 unspecified atom stereocenters. The highest BCUT2D eigenvalue weighted by Gasteiger charge is 2.14. The van der Waals surface area contributed by atoms with Gasteiger partial charge in [-0.15, -0.1) is 0 Å². The number of hydrogen-bond acceptors (Lipinski definition) is 5. The van der Waals surface area contributed by atoms with E-state index in [-0.39, 0.29) is 11.6 Å². The van der Waals surface area contributed by atoms with Crippen molar-refractivity contribution in [1.82, 2.24) is 24.2 Å². The summed E-state index contributed by atoms with van der Waals surface area (Å²) in [5.41, 5.74) is 2.63. The van der Waals surface area contributed by atoms with Gasteiger partial charge in [-0.2, -0.15) is 5.10 Å². The molecule has 1 aliphatic heterocycles. The van der Waals surface area contributed by atoms with Crippen molar-refractivity contribution in [3.63, 3.8) is 0 Å². The predicted molar refractivity (Wildman–Crippen MR) is 113 cm³/mol. The summed E-state index contributed by atoms with van der Waals surface area (Å²) >= 11 is 3.37. The molecule has 3 aromatic rings. The van der Waals surface area contributed by atoms with Crippen LogP contribution in [-0.2, 0) is 11.3 Å². The summed E-state index contributed by atoms with van der Waals surface area (Å²) in [7, 11) is 0. The number of nitrogens with zero attached hydrogens (tertiary/aromatic N) is 5. The van der Waals surface area contributed by atoms with Crippen molar-refractivity contribution in [3.8, 4) is 11.3 Å². The first-order chi connectivity index (χ1) is 13.5. The van der Waals surface area contributed by atoms with E-state index in [9.17, 15) is 4.79 Å². The number of pyridine rings is 2. The highest BCUT2D eigenvalue weighted by atomic mass is 79.9. The fraction of sp³-hybridized carbons (Fsp3) is 0.450. The van der Waals surface area contributed by atoms with Gasteiger partial charge in [0.05, 0.1) is 41.6 Å². The van der Waals surface area contributed by atoms with Crippen LogP contribution in [0.3, 0.4) is 0 Å². The maximum Gasteiger partial charge on any atom is 0.265 e. The molecule has 28 heavy (non-hydrogen) atoms. The van der Waals surface area contributed by atoms with E-state index in [1.54, 1.807) is 4.57 Å². The van der Waals surface area contributed by atoms with E-state index in [1.165, 1.54) is 0 Å². The Balaban J connectivity index is 1.61. The van der Waals surface area contributed by atoms with Crippen LogP contribution in [0.2, 0.25) is 0 Å². The molecule has 4 rings (SSSR count). The van der Waals surface area contributed by atoms with Crippen LogP contribution in [0.15, 0.2) is 40.0 Å². The summed E-state index contributed by atoms with van der Waals surface area (Å²) in [6.07, 6.45) is 5.67. The molecular weight excluding hydrogens is 422 g/mol. The lowest BCUT2D eigenvalue weighted by atomic mass is 10.1. The molecule has 0 radical (unpaired) electrons. The lowest BCUT2D eigenvalue weighted by molar-refractivity contribution is 0.0360. The molecular formula is C20H24BrN5O2. The summed E-state index contributed by atoms with van der Waals surface area (Å²) in [4.78, 5) is 19.6. The minimum Gasteiger partial charge on any atom is -0.379 e. The number of ether oxygens (including phenoxy) is 1. The minimum atomic E-state index is -0.0270. The standard InChI is InChI=1S/C20H24BrN5O2/c1-14(2)26-19-10-18(22-11-15(19)9-17(21)20(26)27)16-12-23-25(13-16)4-3-24-5-7-28-8-6-24/h9-14H,3-8H2,1-2H3. The molecule has 7 nitrogen and oxygen atoms in total. The number of hydrogen-bond donors (Lipinski definition) is 0. The third kappa shape index (κ3) is 3.90. The summed E-state index contributed by atoms with van der Waals surface area (Å²) in [6.45, 7) is 9.37. The van der Waals surface area contributed by atoms with Crippen molar-refractivity contribution in [1.29, 1.82) is 0 Å². The van der Waals surface area contributed by atoms with Crippen LogP contribution in [0, 0.1) is 0 Å². The lowest BCUT2D eigenvalue weighted by Crippen LogP contribution is -2.38. The van der Waals surface area contributed by atoms with Crippen molar-refractivity contribution < 1.29 is 4.74 Å². The second-order valence-corrected chi connectivity index (χ2v) is 8.19. The monoisotopic (exact) mass is 445 g/mol. The van der Waals surface area contributed by atoms with E-state index in [4.69, 9.17) is 4.74 Å². The van der Waals surface area contributed by atoms with Gasteiger partial charge in [0.15, 0.2) is 0 Å². The van der Waals surface area contributed by atoms with E-state index in [0.717, 1.165) is 61.6 Å². The van der Waals surface area contributed by atoms with Crippen LogP contribution in [0.4, 0.5) is 0 Å². The Bertz CT molecular complexity index is 1040. The van der Waals surface area contributed by atoms with E-state index >= 15 is 0 Å². The molecule has 0 saturated carbocycles.